The SMILES string of the molecule is COc1nc(CN)ncc1B1OC(C)(C)C(C)(C)O1. The standard InChI is InChI=1S/C12H20BN3O3/c1-11(2)12(3,4)19-13(18-11)8-7-15-9(6-14)16-10(8)17-5/h7H,6,14H2,1-5H3. The Hall–Kier alpha value is -1.18. The summed E-state index contributed by atoms with van der Waals surface area (Å²) in [6.07, 6.45) is 1.65. The summed E-state index contributed by atoms with van der Waals surface area (Å²) in [4.78, 5) is 8.40. The van der Waals surface area contributed by atoms with Crippen LogP contribution in [-0.4, -0.2) is 35.4 Å². The molecule has 0 atom stereocenters. The normalized spacial score (nSPS) is 20.6. The van der Waals surface area contributed by atoms with E-state index in [0.717, 1.165) is 0 Å². The Morgan fingerprint density at radius 3 is 2.32 bits per heavy atom. The largest absolute Gasteiger partial charge is 0.502 e. The van der Waals surface area contributed by atoms with Gasteiger partial charge in [0.15, 0.2) is 0 Å². The zero-order valence-electron chi connectivity index (χ0n) is 12.1. The Labute approximate surface area is 113 Å². The minimum atomic E-state index is -0.535. The van der Waals surface area contributed by atoms with Crippen molar-refractivity contribution in [3.8, 4) is 5.88 Å². The quantitative estimate of drug-likeness (QED) is 0.789. The van der Waals surface area contributed by atoms with E-state index in [9.17, 15) is 0 Å². The van der Waals surface area contributed by atoms with Crippen LogP contribution in [-0.2, 0) is 15.9 Å². The lowest BCUT2D eigenvalue weighted by Gasteiger charge is -2.32. The molecule has 7 heteroatoms. The lowest BCUT2D eigenvalue weighted by Crippen LogP contribution is -2.41. The zero-order chi connectivity index (χ0) is 14.3. The number of nitrogens with zero attached hydrogens (tertiary/aromatic N) is 2. The van der Waals surface area contributed by atoms with Gasteiger partial charge in [0.05, 0.1) is 30.3 Å². The second kappa shape index (κ2) is 4.74. The van der Waals surface area contributed by atoms with Gasteiger partial charge in [-0.05, 0) is 27.7 Å². The van der Waals surface area contributed by atoms with Crippen LogP contribution in [0.15, 0.2) is 6.20 Å². The molecule has 6 nitrogen and oxygen atoms in total. The third-order valence-corrected chi connectivity index (χ3v) is 3.71. The highest BCUT2D eigenvalue weighted by Gasteiger charge is 2.52. The molecule has 0 aromatic carbocycles. The predicted molar refractivity (Wildman–Crippen MR) is 72.2 cm³/mol. The first-order chi connectivity index (χ1) is 8.80. The maximum Gasteiger partial charge on any atom is 0.502 e. The highest BCUT2D eigenvalue weighted by Crippen LogP contribution is 2.36. The molecule has 1 aliphatic rings. The smallest absolute Gasteiger partial charge is 0.481 e. The number of rotatable bonds is 3. The van der Waals surface area contributed by atoms with Gasteiger partial charge in [0.2, 0.25) is 5.88 Å². The molecule has 0 spiro atoms. The first-order valence-electron chi connectivity index (χ1n) is 6.26. The Bertz CT molecular complexity index is 463. The number of methoxy groups -OCH3 is 1. The average molecular weight is 265 g/mol. The minimum Gasteiger partial charge on any atom is -0.481 e. The van der Waals surface area contributed by atoms with Gasteiger partial charge in [0.1, 0.15) is 5.82 Å². The molecular formula is C12H20BN3O3. The van der Waals surface area contributed by atoms with Crippen molar-refractivity contribution in [1.29, 1.82) is 0 Å². The predicted octanol–water partition coefficient (Wildman–Crippen LogP) is 0.243. The molecule has 0 aliphatic carbocycles. The Morgan fingerprint density at radius 1 is 1.26 bits per heavy atom. The van der Waals surface area contributed by atoms with Gasteiger partial charge in [-0.15, -0.1) is 0 Å². The molecule has 0 radical (unpaired) electrons. The lowest BCUT2D eigenvalue weighted by atomic mass is 9.80. The summed E-state index contributed by atoms with van der Waals surface area (Å²) in [6, 6.07) is 0. The molecule has 19 heavy (non-hydrogen) atoms. The minimum absolute atomic E-state index is 0.264. The van der Waals surface area contributed by atoms with Crippen LogP contribution in [0, 0.1) is 0 Å². The summed E-state index contributed by atoms with van der Waals surface area (Å²) in [5.74, 6) is 0.964. The molecular weight excluding hydrogens is 245 g/mol. The Morgan fingerprint density at radius 2 is 1.84 bits per heavy atom. The van der Waals surface area contributed by atoms with Gasteiger partial charge in [-0.3, -0.25) is 0 Å². The first kappa shape index (κ1) is 14.2. The molecule has 2 N–H and O–H groups in total. The van der Waals surface area contributed by atoms with Crippen LogP contribution in [0.25, 0.3) is 0 Å². The monoisotopic (exact) mass is 265 g/mol. The molecule has 0 saturated carbocycles. The van der Waals surface area contributed by atoms with Gasteiger partial charge < -0.3 is 19.8 Å². The molecule has 0 bridgehead atoms. The zero-order valence-corrected chi connectivity index (χ0v) is 12.1. The molecule has 1 saturated heterocycles. The van der Waals surface area contributed by atoms with Gasteiger partial charge in [-0.25, -0.2) is 4.98 Å². The number of hydrogen-bond donors (Lipinski definition) is 1. The van der Waals surface area contributed by atoms with Crippen molar-refractivity contribution in [1.82, 2.24) is 9.97 Å². The number of hydrogen-bond acceptors (Lipinski definition) is 6. The summed E-state index contributed by atoms with van der Waals surface area (Å²) in [5.41, 5.74) is 5.38. The van der Waals surface area contributed by atoms with Crippen LogP contribution in [0.1, 0.15) is 33.5 Å². The summed E-state index contributed by atoms with van der Waals surface area (Å²) in [5, 5.41) is 0. The highest BCUT2D eigenvalue weighted by atomic mass is 16.7. The van der Waals surface area contributed by atoms with Crippen LogP contribution in [0.4, 0.5) is 0 Å². The van der Waals surface area contributed by atoms with Crippen molar-refractivity contribution < 1.29 is 14.0 Å². The van der Waals surface area contributed by atoms with Crippen molar-refractivity contribution in [2.45, 2.75) is 45.4 Å². The number of ether oxygens (including phenoxy) is 1. The lowest BCUT2D eigenvalue weighted by molar-refractivity contribution is 0.00578. The summed E-state index contributed by atoms with van der Waals surface area (Å²) < 4.78 is 17.2. The van der Waals surface area contributed by atoms with Gasteiger partial charge in [0.25, 0.3) is 0 Å². The van der Waals surface area contributed by atoms with E-state index in [2.05, 4.69) is 9.97 Å². The van der Waals surface area contributed by atoms with Crippen LogP contribution in [0.2, 0.25) is 0 Å². The first-order valence-corrected chi connectivity index (χ1v) is 6.26. The molecule has 2 heterocycles. The fourth-order valence-corrected chi connectivity index (χ4v) is 1.80. The topological polar surface area (TPSA) is 79.5 Å². The van der Waals surface area contributed by atoms with Crippen molar-refractivity contribution >= 4 is 12.6 Å². The molecule has 0 amide bonds. The van der Waals surface area contributed by atoms with Crippen molar-refractivity contribution in [3.05, 3.63) is 12.0 Å². The second-order valence-corrected chi connectivity index (χ2v) is 5.54. The van der Waals surface area contributed by atoms with Crippen LogP contribution >= 0.6 is 0 Å². The number of nitrogens with two attached hydrogens (primary N) is 1. The van der Waals surface area contributed by atoms with E-state index in [1.807, 2.05) is 27.7 Å². The molecule has 0 unspecified atom stereocenters. The van der Waals surface area contributed by atoms with E-state index in [1.54, 1.807) is 13.3 Å². The van der Waals surface area contributed by atoms with Gasteiger partial charge >= 0.3 is 7.12 Å². The maximum absolute atomic E-state index is 5.95. The van der Waals surface area contributed by atoms with Gasteiger partial charge in [0, 0.05) is 6.20 Å². The average Bonchev–Trinajstić information content (AvgIpc) is 2.57. The second-order valence-electron chi connectivity index (χ2n) is 5.54. The van der Waals surface area contributed by atoms with E-state index in [0.29, 0.717) is 17.2 Å². The third kappa shape index (κ3) is 2.45. The fraction of sp³-hybridized carbons (Fsp3) is 0.667. The van der Waals surface area contributed by atoms with Crippen molar-refractivity contribution in [2.75, 3.05) is 7.11 Å². The summed E-state index contributed by atoms with van der Waals surface area (Å²) >= 11 is 0. The van der Waals surface area contributed by atoms with E-state index in [1.165, 1.54) is 0 Å². The highest BCUT2D eigenvalue weighted by molar-refractivity contribution is 6.62. The van der Waals surface area contributed by atoms with Crippen LogP contribution in [0.5, 0.6) is 5.88 Å². The van der Waals surface area contributed by atoms with Crippen molar-refractivity contribution in [3.63, 3.8) is 0 Å². The van der Waals surface area contributed by atoms with E-state index >= 15 is 0 Å². The van der Waals surface area contributed by atoms with E-state index in [-0.39, 0.29) is 6.54 Å². The molecule has 1 aromatic heterocycles. The number of aromatic nitrogens is 2. The fourth-order valence-electron chi connectivity index (χ4n) is 1.80. The molecule has 1 aliphatic heterocycles. The van der Waals surface area contributed by atoms with Gasteiger partial charge in [-0.1, -0.05) is 0 Å². The maximum atomic E-state index is 5.95. The summed E-state index contributed by atoms with van der Waals surface area (Å²) in [6.45, 7) is 8.24. The molecule has 1 fully saturated rings. The van der Waals surface area contributed by atoms with Crippen LogP contribution in [0.3, 0.4) is 0 Å². The molecule has 1 aromatic rings. The summed E-state index contributed by atoms with van der Waals surface area (Å²) in [7, 11) is 1.02. The Balaban J connectivity index is 2.34. The van der Waals surface area contributed by atoms with E-state index < -0.39 is 18.3 Å². The van der Waals surface area contributed by atoms with Crippen molar-refractivity contribution in [2.24, 2.45) is 5.73 Å². The molecule has 2 rings (SSSR count). The van der Waals surface area contributed by atoms with Crippen LogP contribution < -0.4 is 15.9 Å². The van der Waals surface area contributed by atoms with E-state index in [4.69, 9.17) is 19.8 Å². The third-order valence-electron chi connectivity index (χ3n) is 3.71. The Kier molecular flexibility index (Phi) is 3.55. The molecule has 104 valence electrons. The van der Waals surface area contributed by atoms with Gasteiger partial charge in [-0.2, -0.15) is 4.98 Å².